The average Bonchev–Trinajstić information content (AvgIpc) is 1.56. The Bertz CT molecular complexity index is 5580. The van der Waals surface area contributed by atoms with E-state index in [1.54, 1.807) is 0 Å². The molecule has 5 aromatic heterocycles. The molecule has 0 saturated heterocycles. The van der Waals surface area contributed by atoms with Gasteiger partial charge in [0, 0.05) is 32.2 Å². The maximum atomic E-state index is 10.4. The van der Waals surface area contributed by atoms with E-state index >= 15 is 0 Å². The van der Waals surface area contributed by atoms with Crippen molar-refractivity contribution in [2.45, 2.75) is 12.8 Å². The molecule has 0 aliphatic carbocycles. The topological polar surface area (TPSA) is 70.2 Å². The van der Waals surface area contributed by atoms with Gasteiger partial charge in [0.1, 0.15) is 0 Å². The zero-order chi connectivity index (χ0) is 59.9. The van der Waals surface area contributed by atoms with Gasteiger partial charge in [0.2, 0.25) is 11.6 Å². The Hall–Kier alpha value is -11.7. The molecule has 5 heterocycles. The van der Waals surface area contributed by atoms with Gasteiger partial charge in [-0.25, -0.2) is 19.9 Å². The monoisotopic (exact) mass is 1130 g/mol. The molecule has 0 atom stereocenters. The predicted octanol–water partition coefficient (Wildman–Crippen LogP) is 19.1. The molecular weight excluding hydrogens is 1070 g/mol. The highest BCUT2D eigenvalue weighted by Gasteiger charge is 2.25. The lowest BCUT2D eigenvalue weighted by Gasteiger charge is -2.18. The van der Waals surface area contributed by atoms with Crippen molar-refractivity contribution in [2.75, 3.05) is 0 Å². The van der Waals surface area contributed by atoms with Crippen LogP contribution in [0, 0.1) is 0 Å². The molecule has 17 rings (SSSR count). The van der Waals surface area contributed by atoms with Gasteiger partial charge in [0.05, 0.1) is 78.3 Å². The van der Waals surface area contributed by atoms with Crippen LogP contribution in [-0.2, 0) is 12.8 Å². The number of rotatable bonds is 12. The number of aromatic nitrogens is 8. The van der Waals surface area contributed by atoms with Crippen LogP contribution in [0.2, 0.25) is 0 Å². The van der Waals surface area contributed by atoms with Crippen LogP contribution in [0.4, 0.5) is 0 Å². The molecule has 17 aromatic rings. The van der Waals surface area contributed by atoms with Crippen molar-refractivity contribution in [1.29, 1.82) is 0 Å². The molecule has 0 fully saturated rings. The van der Waals surface area contributed by atoms with Crippen LogP contribution in [-0.4, -0.2) is 37.9 Å². The second-order valence-electron chi connectivity index (χ2n) is 22.3. The van der Waals surface area contributed by atoms with Crippen LogP contribution in [0.15, 0.2) is 303 Å². The molecule has 8 nitrogen and oxygen atoms in total. The normalized spacial score (nSPS) is 12.2. The Balaban J connectivity index is 0.822. The van der Waals surface area contributed by atoms with Crippen LogP contribution in [0.1, 0.15) is 25.1 Å². The summed E-state index contributed by atoms with van der Waals surface area (Å²) in [7, 11) is 0. The van der Waals surface area contributed by atoms with E-state index in [0.717, 1.165) is 83.6 Å². The first-order valence-corrected chi connectivity index (χ1v) is 29.8. The zero-order valence-corrected chi connectivity index (χ0v) is 47.7. The molecule has 0 spiro atoms. The first kappa shape index (κ1) is 48.6. The molecule has 0 N–H and O–H groups in total. The number of imidazole rings is 4. The van der Waals surface area contributed by atoms with Crippen molar-refractivity contribution in [3.05, 3.63) is 326 Å². The largest absolute Gasteiger partial charge is 0.278 e. The molecule has 0 bridgehead atoms. The van der Waals surface area contributed by atoms with Gasteiger partial charge in [-0.15, -0.1) is 0 Å². The smallest absolute Gasteiger partial charge is 0.220 e. The molecule has 0 unspecified atom stereocenters. The van der Waals surface area contributed by atoms with E-state index in [1.165, 1.54) is 33.4 Å². The summed E-state index contributed by atoms with van der Waals surface area (Å²) in [5.41, 5.74) is 23.2. The molecule has 414 valence electrons. The summed E-state index contributed by atoms with van der Waals surface area (Å²) < 4.78 is 29.7. The van der Waals surface area contributed by atoms with Crippen LogP contribution < -0.4 is 0 Å². The highest BCUT2D eigenvalue weighted by Crippen LogP contribution is 2.42. The fraction of sp³-hybridized carbons (Fsp3) is 0.0250. The number of benzene rings is 12. The molecule has 8 heteroatoms. The summed E-state index contributed by atoms with van der Waals surface area (Å²) in [5.74, 6) is 1.45. The predicted molar refractivity (Wildman–Crippen MR) is 359 cm³/mol. The van der Waals surface area contributed by atoms with E-state index in [1.807, 2.05) is 115 Å². The van der Waals surface area contributed by atoms with Gasteiger partial charge in [0.15, 0.2) is 0 Å². The fourth-order valence-electron chi connectivity index (χ4n) is 13.1. The van der Waals surface area contributed by atoms with Gasteiger partial charge < -0.3 is 0 Å². The second-order valence-corrected chi connectivity index (χ2v) is 22.3. The summed E-state index contributed by atoms with van der Waals surface area (Å²) in [4.78, 5) is 22.0. The SMILES string of the molecule is [2H]C([2H])(c1nc(-c2ccccc2)c(-c2ccccc2)nc1-c1ccccc1)c1cccc2c1nc1n(-c3cccc(-n4c5ccccc5n5c6cccc(Cc7cc(-c8ccccc8)c(-c8ccccc8)cc7-c7ccccc7)c6nc45)c3)c3ccccc3n21. The van der Waals surface area contributed by atoms with Crippen molar-refractivity contribution in [3.8, 4) is 78.5 Å². The lowest BCUT2D eigenvalue weighted by Crippen LogP contribution is -2.05. The third-order valence-corrected chi connectivity index (χ3v) is 17.1. The van der Waals surface area contributed by atoms with E-state index in [4.69, 9.17) is 19.9 Å². The van der Waals surface area contributed by atoms with Gasteiger partial charge >= 0.3 is 0 Å². The van der Waals surface area contributed by atoms with E-state index in [-0.39, 0.29) is 5.69 Å². The van der Waals surface area contributed by atoms with Gasteiger partial charge in [-0.2, -0.15) is 0 Å². The van der Waals surface area contributed by atoms with E-state index in [9.17, 15) is 2.74 Å². The molecule has 0 amide bonds. The maximum Gasteiger partial charge on any atom is 0.220 e. The zero-order valence-electron chi connectivity index (χ0n) is 49.7. The standard InChI is InChI=1S/C80H54N8/c1-7-26-53(27-8-1)64-52-66(55-30-11-3-12-31-55)65(54-28-9-2-10-29-54)49-61(64)48-59-38-23-46-72-75(59)83-79-85(68-42-19-21-44-70(68)87(72)79)62-40-25-41-63(51-62)86-69-43-20-22-45-71(69)88-73-47-24-39-60(76(73)84-80(86)88)50-67-74(56-32-13-4-14-33-56)82-78(58-36-17-6-18-37-58)77(81-67)57-34-15-5-16-35-57/h1-47,49,51-52H,48,50H2/i50D2. The summed E-state index contributed by atoms with van der Waals surface area (Å²) in [6.07, 6.45) is -1.54. The Kier molecular flexibility index (Phi) is 11.7. The lowest BCUT2D eigenvalue weighted by molar-refractivity contribution is 1.05. The summed E-state index contributed by atoms with van der Waals surface area (Å²) in [6.45, 7) is 0. The molecule has 0 saturated carbocycles. The van der Waals surface area contributed by atoms with Gasteiger partial charge in [0.25, 0.3) is 0 Å². The fourth-order valence-corrected chi connectivity index (χ4v) is 13.1. The van der Waals surface area contributed by atoms with Gasteiger partial charge in [-0.1, -0.05) is 237 Å². The first-order valence-electron chi connectivity index (χ1n) is 30.8. The van der Waals surface area contributed by atoms with Crippen molar-refractivity contribution >= 4 is 55.7 Å². The summed E-state index contributed by atoms with van der Waals surface area (Å²) >= 11 is 0. The number of nitrogens with zero attached hydrogens (tertiary/aromatic N) is 8. The average molecular weight is 1130 g/mol. The Morgan fingerprint density at radius 2 is 0.648 bits per heavy atom. The Morgan fingerprint density at radius 1 is 0.273 bits per heavy atom. The van der Waals surface area contributed by atoms with Crippen LogP contribution in [0.3, 0.4) is 0 Å². The van der Waals surface area contributed by atoms with E-state index < -0.39 is 6.37 Å². The van der Waals surface area contributed by atoms with Crippen molar-refractivity contribution < 1.29 is 2.74 Å². The van der Waals surface area contributed by atoms with Crippen molar-refractivity contribution in [1.82, 2.24) is 37.9 Å². The number of hydrogen-bond acceptors (Lipinski definition) is 4. The van der Waals surface area contributed by atoms with E-state index in [2.05, 4.69) is 206 Å². The quantitative estimate of drug-likeness (QED) is 0.122. The molecule has 0 aliphatic heterocycles. The number of fused-ring (bicyclic) bond motifs is 10. The second kappa shape index (κ2) is 21.1. The van der Waals surface area contributed by atoms with Gasteiger partial charge in [-0.05, 0) is 117 Å². The molecule has 0 radical (unpaired) electrons. The molecule has 88 heavy (non-hydrogen) atoms. The third kappa shape index (κ3) is 8.52. The minimum Gasteiger partial charge on any atom is -0.278 e. The van der Waals surface area contributed by atoms with Gasteiger partial charge in [-0.3, -0.25) is 17.9 Å². The highest BCUT2D eigenvalue weighted by atomic mass is 15.2. The number of hydrogen-bond donors (Lipinski definition) is 0. The maximum absolute atomic E-state index is 10.4. The number of para-hydroxylation sites is 6. The van der Waals surface area contributed by atoms with Crippen LogP contribution in [0.25, 0.3) is 134 Å². The third-order valence-electron chi connectivity index (χ3n) is 17.1. The molecule has 12 aromatic carbocycles. The van der Waals surface area contributed by atoms with Crippen molar-refractivity contribution in [3.63, 3.8) is 0 Å². The Morgan fingerprint density at radius 3 is 1.15 bits per heavy atom. The van der Waals surface area contributed by atoms with Crippen molar-refractivity contribution in [2.24, 2.45) is 0 Å². The Labute approximate surface area is 510 Å². The minimum atomic E-state index is -2.19. The summed E-state index contributed by atoms with van der Waals surface area (Å²) in [5, 5.41) is 0. The highest BCUT2D eigenvalue weighted by molar-refractivity contribution is 5.96. The van der Waals surface area contributed by atoms with E-state index in [0.29, 0.717) is 40.4 Å². The molecular formula is C80H54N8. The minimum absolute atomic E-state index is 0.202. The molecule has 0 aliphatic rings. The lowest BCUT2D eigenvalue weighted by atomic mass is 9.86. The van der Waals surface area contributed by atoms with Crippen LogP contribution >= 0.6 is 0 Å². The summed E-state index contributed by atoms with van der Waals surface area (Å²) in [6, 6.07) is 105. The van der Waals surface area contributed by atoms with Crippen LogP contribution in [0.5, 0.6) is 0 Å². The first-order chi connectivity index (χ1) is 44.4.